The van der Waals surface area contributed by atoms with E-state index < -0.39 is 0 Å². The second-order valence-electron chi connectivity index (χ2n) is 6.21. The summed E-state index contributed by atoms with van der Waals surface area (Å²) in [6.45, 7) is 7.86. The van der Waals surface area contributed by atoms with Crippen LogP contribution < -0.4 is 4.90 Å². The molecule has 22 heavy (non-hydrogen) atoms. The van der Waals surface area contributed by atoms with Crippen LogP contribution in [0.4, 0.5) is 5.82 Å². The van der Waals surface area contributed by atoms with Gasteiger partial charge >= 0.3 is 0 Å². The van der Waals surface area contributed by atoms with Crippen LogP contribution in [0.15, 0.2) is 12.4 Å². The molecular formula is C16H23N5O. The lowest BCUT2D eigenvalue weighted by Gasteiger charge is -2.20. The topological polar surface area (TPSA) is 67.1 Å². The summed E-state index contributed by atoms with van der Waals surface area (Å²) in [6, 6.07) is 0. The van der Waals surface area contributed by atoms with Gasteiger partial charge in [-0.3, -0.25) is 4.68 Å². The summed E-state index contributed by atoms with van der Waals surface area (Å²) in [5.41, 5.74) is 3.33. The lowest BCUT2D eigenvalue weighted by molar-refractivity contribution is 0.227. The van der Waals surface area contributed by atoms with E-state index in [0.717, 1.165) is 36.0 Å². The minimum absolute atomic E-state index is 0.179. The van der Waals surface area contributed by atoms with Gasteiger partial charge in [-0.2, -0.15) is 5.10 Å². The number of anilines is 1. The van der Waals surface area contributed by atoms with E-state index in [2.05, 4.69) is 26.9 Å². The minimum atomic E-state index is 0.179. The Kier molecular flexibility index (Phi) is 3.87. The summed E-state index contributed by atoms with van der Waals surface area (Å²) in [6.07, 6.45) is 3.94. The van der Waals surface area contributed by atoms with Crippen molar-refractivity contribution in [1.29, 1.82) is 0 Å². The van der Waals surface area contributed by atoms with Crippen molar-refractivity contribution < 1.29 is 5.11 Å². The molecule has 1 aliphatic rings. The Morgan fingerprint density at radius 2 is 2.00 bits per heavy atom. The molecular weight excluding hydrogens is 278 g/mol. The lowest BCUT2D eigenvalue weighted by Crippen LogP contribution is -2.23. The Balaban J connectivity index is 1.92. The molecule has 0 aromatic carbocycles. The first kappa shape index (κ1) is 15.0. The molecule has 0 saturated carbocycles. The molecule has 0 aliphatic carbocycles. The zero-order chi connectivity index (χ0) is 15.9. The Bertz CT molecular complexity index is 681. The van der Waals surface area contributed by atoms with Crippen LogP contribution in [0.5, 0.6) is 0 Å². The Hall–Kier alpha value is -1.95. The number of aliphatic hydroxyl groups excluding tert-OH is 1. The third-order valence-corrected chi connectivity index (χ3v) is 4.60. The van der Waals surface area contributed by atoms with Gasteiger partial charge in [-0.1, -0.05) is 0 Å². The molecule has 2 aromatic heterocycles. The summed E-state index contributed by atoms with van der Waals surface area (Å²) in [5.74, 6) is 2.28. The molecule has 1 N–H and O–H groups in total. The number of aryl methyl sites for hydroxylation is 3. The van der Waals surface area contributed by atoms with Gasteiger partial charge in [-0.05, 0) is 26.3 Å². The number of hydrogen-bond acceptors (Lipinski definition) is 5. The maximum atomic E-state index is 9.76. The molecule has 6 nitrogen and oxygen atoms in total. The number of rotatable bonds is 3. The van der Waals surface area contributed by atoms with Crippen molar-refractivity contribution in [3.05, 3.63) is 35.0 Å². The third kappa shape index (κ3) is 2.59. The van der Waals surface area contributed by atoms with E-state index in [0.29, 0.717) is 0 Å². The first-order chi connectivity index (χ1) is 10.5. The molecule has 118 valence electrons. The van der Waals surface area contributed by atoms with Crippen LogP contribution >= 0.6 is 0 Å². The van der Waals surface area contributed by atoms with Crippen LogP contribution in [-0.2, 0) is 7.05 Å². The van der Waals surface area contributed by atoms with Crippen LogP contribution in [0.25, 0.3) is 0 Å². The lowest BCUT2D eigenvalue weighted by atomic mass is 9.92. The van der Waals surface area contributed by atoms with E-state index in [9.17, 15) is 5.11 Å². The van der Waals surface area contributed by atoms with Crippen molar-refractivity contribution in [1.82, 2.24) is 19.7 Å². The molecule has 0 radical (unpaired) electrons. The van der Waals surface area contributed by atoms with Crippen LogP contribution in [0, 0.1) is 26.7 Å². The Morgan fingerprint density at radius 1 is 1.23 bits per heavy atom. The molecule has 0 amide bonds. The smallest absolute Gasteiger partial charge is 0.135 e. The molecule has 0 spiro atoms. The molecule has 2 aromatic rings. The van der Waals surface area contributed by atoms with E-state index in [1.807, 2.05) is 38.0 Å². The van der Waals surface area contributed by atoms with Crippen molar-refractivity contribution in [3.8, 4) is 0 Å². The van der Waals surface area contributed by atoms with Gasteiger partial charge in [0.15, 0.2) is 0 Å². The highest BCUT2D eigenvalue weighted by atomic mass is 16.3. The molecule has 2 atom stereocenters. The van der Waals surface area contributed by atoms with Crippen molar-refractivity contribution in [2.45, 2.75) is 26.7 Å². The molecule has 1 aliphatic heterocycles. The van der Waals surface area contributed by atoms with Crippen LogP contribution in [-0.4, -0.2) is 44.6 Å². The van der Waals surface area contributed by atoms with Gasteiger partial charge in [-0.25, -0.2) is 9.97 Å². The summed E-state index contributed by atoms with van der Waals surface area (Å²) in [5, 5.41) is 14.0. The van der Waals surface area contributed by atoms with Crippen molar-refractivity contribution in [2.75, 3.05) is 24.6 Å². The monoisotopic (exact) mass is 301 g/mol. The van der Waals surface area contributed by atoms with E-state index >= 15 is 0 Å². The second-order valence-corrected chi connectivity index (χ2v) is 6.21. The minimum Gasteiger partial charge on any atom is -0.396 e. The normalized spacial score (nSPS) is 21.6. The number of nitrogens with zero attached hydrogens (tertiary/aromatic N) is 5. The molecule has 3 heterocycles. The van der Waals surface area contributed by atoms with Crippen LogP contribution in [0.1, 0.15) is 28.6 Å². The first-order valence-corrected chi connectivity index (χ1v) is 7.65. The standard InChI is InChI=1S/C16H23N5O/c1-10-11(2)18-12(3)19-16(10)21-7-14(9-22)15(8-21)13-5-17-20(4)6-13/h5-6,14-15,22H,7-9H2,1-4H3/t14-,15-/m0/s1. The van der Waals surface area contributed by atoms with E-state index in [1.54, 1.807) is 0 Å². The maximum Gasteiger partial charge on any atom is 0.135 e. The molecule has 0 bridgehead atoms. The predicted molar refractivity (Wildman–Crippen MR) is 85.0 cm³/mol. The highest BCUT2D eigenvalue weighted by molar-refractivity contribution is 5.50. The third-order valence-electron chi connectivity index (χ3n) is 4.60. The summed E-state index contributed by atoms with van der Waals surface area (Å²) >= 11 is 0. The average Bonchev–Trinajstić information content (AvgIpc) is 3.08. The number of aromatic nitrogens is 4. The molecule has 1 saturated heterocycles. The van der Waals surface area contributed by atoms with E-state index in [4.69, 9.17) is 0 Å². The van der Waals surface area contributed by atoms with Crippen LogP contribution in [0.3, 0.4) is 0 Å². The van der Waals surface area contributed by atoms with E-state index in [-0.39, 0.29) is 18.4 Å². The van der Waals surface area contributed by atoms with Gasteiger partial charge in [0.05, 0.1) is 6.20 Å². The molecule has 0 unspecified atom stereocenters. The first-order valence-electron chi connectivity index (χ1n) is 7.65. The summed E-state index contributed by atoms with van der Waals surface area (Å²) in [7, 11) is 1.92. The van der Waals surface area contributed by atoms with Crippen molar-refractivity contribution >= 4 is 5.82 Å². The summed E-state index contributed by atoms with van der Waals surface area (Å²) < 4.78 is 1.82. The fraction of sp³-hybridized carbons (Fsp3) is 0.562. The largest absolute Gasteiger partial charge is 0.396 e. The van der Waals surface area contributed by atoms with E-state index in [1.165, 1.54) is 5.56 Å². The van der Waals surface area contributed by atoms with Gasteiger partial charge < -0.3 is 10.0 Å². The van der Waals surface area contributed by atoms with Crippen molar-refractivity contribution in [3.63, 3.8) is 0 Å². The van der Waals surface area contributed by atoms with Gasteiger partial charge in [0.2, 0.25) is 0 Å². The highest BCUT2D eigenvalue weighted by Crippen LogP contribution is 2.35. The molecule has 1 fully saturated rings. The second kappa shape index (κ2) is 5.68. The molecule has 3 rings (SSSR count). The van der Waals surface area contributed by atoms with Gasteiger partial charge in [0, 0.05) is 56.0 Å². The maximum absolute atomic E-state index is 9.76. The van der Waals surface area contributed by atoms with Gasteiger partial charge in [0.1, 0.15) is 11.6 Å². The van der Waals surface area contributed by atoms with Gasteiger partial charge in [-0.15, -0.1) is 0 Å². The zero-order valence-electron chi connectivity index (χ0n) is 13.6. The fourth-order valence-corrected chi connectivity index (χ4v) is 3.30. The highest BCUT2D eigenvalue weighted by Gasteiger charge is 2.35. The fourth-order valence-electron chi connectivity index (χ4n) is 3.30. The quantitative estimate of drug-likeness (QED) is 0.927. The SMILES string of the molecule is Cc1nc(C)c(C)c(N2C[C@@H](CO)[C@H](c3cnn(C)c3)C2)n1. The van der Waals surface area contributed by atoms with Gasteiger partial charge in [0.25, 0.3) is 0 Å². The average molecular weight is 301 g/mol. The summed E-state index contributed by atoms with van der Waals surface area (Å²) in [4.78, 5) is 11.3. The number of hydrogen-bond donors (Lipinski definition) is 1. The van der Waals surface area contributed by atoms with Crippen molar-refractivity contribution in [2.24, 2.45) is 13.0 Å². The Morgan fingerprint density at radius 3 is 2.64 bits per heavy atom. The predicted octanol–water partition coefficient (Wildman–Crippen LogP) is 1.35. The Labute approximate surface area is 130 Å². The zero-order valence-corrected chi connectivity index (χ0v) is 13.6. The molecule has 6 heteroatoms. The number of aliphatic hydroxyl groups is 1. The van der Waals surface area contributed by atoms with Crippen LogP contribution in [0.2, 0.25) is 0 Å².